The Morgan fingerprint density at radius 1 is 1.00 bits per heavy atom. The Balaban J connectivity index is 1.79. The molecule has 0 saturated carbocycles. The van der Waals surface area contributed by atoms with Gasteiger partial charge >= 0.3 is 5.97 Å². The van der Waals surface area contributed by atoms with Gasteiger partial charge < -0.3 is 14.6 Å². The lowest BCUT2D eigenvalue weighted by atomic mass is 9.98. The number of phenols is 1. The summed E-state index contributed by atoms with van der Waals surface area (Å²) in [6.45, 7) is 0.144. The number of benzene rings is 3. The van der Waals surface area contributed by atoms with Crippen LogP contribution in [0.5, 0.6) is 11.5 Å². The first kappa shape index (κ1) is 18.3. The summed E-state index contributed by atoms with van der Waals surface area (Å²) in [5.74, 6) is 0.0893. The maximum atomic E-state index is 12.0. The molecule has 0 amide bonds. The van der Waals surface area contributed by atoms with Crippen molar-refractivity contribution in [2.24, 2.45) is 0 Å². The Bertz CT molecular complexity index is 931. The monoisotopic (exact) mass is 360 g/mol. The van der Waals surface area contributed by atoms with Gasteiger partial charge in [-0.1, -0.05) is 54.6 Å². The van der Waals surface area contributed by atoms with E-state index in [0.29, 0.717) is 11.3 Å². The second kappa shape index (κ2) is 8.72. The van der Waals surface area contributed by atoms with E-state index in [1.807, 2.05) is 42.5 Å². The van der Waals surface area contributed by atoms with E-state index in [1.54, 1.807) is 42.5 Å². The van der Waals surface area contributed by atoms with Crippen molar-refractivity contribution < 1.29 is 19.4 Å². The lowest BCUT2D eigenvalue weighted by Crippen LogP contribution is -2.04. The second-order valence-corrected chi connectivity index (χ2v) is 5.84. The summed E-state index contributed by atoms with van der Waals surface area (Å²) in [5.41, 5.74) is 3.20. The smallest absolute Gasteiger partial charge is 0.338 e. The highest BCUT2D eigenvalue weighted by Crippen LogP contribution is 2.35. The Hall–Kier alpha value is -3.53. The highest BCUT2D eigenvalue weighted by Gasteiger charge is 2.10. The zero-order chi connectivity index (χ0) is 19.1. The molecule has 0 aromatic heterocycles. The van der Waals surface area contributed by atoms with Crippen molar-refractivity contribution in [1.82, 2.24) is 0 Å². The van der Waals surface area contributed by atoms with Crippen molar-refractivity contribution in [3.63, 3.8) is 0 Å². The Morgan fingerprint density at radius 3 is 2.33 bits per heavy atom. The average Bonchev–Trinajstić information content (AvgIpc) is 2.73. The van der Waals surface area contributed by atoms with Gasteiger partial charge in [0.15, 0.2) is 11.5 Å². The molecule has 0 aliphatic heterocycles. The van der Waals surface area contributed by atoms with Crippen LogP contribution in [0.2, 0.25) is 0 Å². The fourth-order valence-electron chi connectivity index (χ4n) is 2.71. The molecule has 0 fully saturated rings. The third-order valence-electron chi connectivity index (χ3n) is 4.05. The van der Waals surface area contributed by atoms with Crippen LogP contribution in [0.1, 0.15) is 15.9 Å². The van der Waals surface area contributed by atoms with E-state index in [0.717, 1.165) is 16.7 Å². The number of aromatic hydroxyl groups is 1. The first-order valence-corrected chi connectivity index (χ1v) is 8.54. The lowest BCUT2D eigenvalue weighted by molar-refractivity contribution is 0.0550. The molecular weight excluding hydrogens is 340 g/mol. The van der Waals surface area contributed by atoms with Gasteiger partial charge in [0.05, 0.1) is 12.7 Å². The Kier molecular flexibility index (Phi) is 5.90. The number of carbonyl (C=O) groups excluding carboxylic acids is 1. The van der Waals surface area contributed by atoms with Gasteiger partial charge in [-0.25, -0.2) is 4.79 Å². The molecule has 136 valence electrons. The van der Waals surface area contributed by atoms with Crippen molar-refractivity contribution in [3.05, 3.63) is 90.0 Å². The molecule has 0 atom stereocenters. The van der Waals surface area contributed by atoms with Crippen LogP contribution in [0.3, 0.4) is 0 Å². The maximum Gasteiger partial charge on any atom is 0.338 e. The predicted octanol–water partition coefficient (Wildman–Crippen LogP) is 4.94. The number of methoxy groups -OCH3 is 1. The normalized spacial score (nSPS) is 10.7. The third kappa shape index (κ3) is 4.55. The fraction of sp³-hybridized carbons (Fsp3) is 0.0870. The van der Waals surface area contributed by atoms with E-state index in [2.05, 4.69) is 0 Å². The summed E-state index contributed by atoms with van der Waals surface area (Å²) >= 11 is 0. The highest BCUT2D eigenvalue weighted by atomic mass is 16.5. The van der Waals surface area contributed by atoms with Crippen molar-refractivity contribution in [3.8, 4) is 22.6 Å². The van der Waals surface area contributed by atoms with E-state index in [1.165, 1.54) is 7.11 Å². The van der Waals surface area contributed by atoms with Gasteiger partial charge in [-0.05, 0) is 47.0 Å². The van der Waals surface area contributed by atoms with Gasteiger partial charge in [0, 0.05) is 0 Å². The van der Waals surface area contributed by atoms with Crippen molar-refractivity contribution in [1.29, 1.82) is 0 Å². The molecule has 1 N–H and O–H groups in total. The summed E-state index contributed by atoms with van der Waals surface area (Å²) < 4.78 is 10.5. The van der Waals surface area contributed by atoms with Gasteiger partial charge in [-0.15, -0.1) is 0 Å². The van der Waals surface area contributed by atoms with Crippen LogP contribution in [-0.2, 0) is 4.74 Å². The zero-order valence-corrected chi connectivity index (χ0v) is 15.0. The molecule has 0 unspecified atom stereocenters. The molecule has 0 spiro atoms. The average molecular weight is 360 g/mol. The van der Waals surface area contributed by atoms with Crippen molar-refractivity contribution >= 4 is 12.0 Å². The van der Waals surface area contributed by atoms with E-state index >= 15 is 0 Å². The Labute approximate surface area is 158 Å². The molecule has 0 aliphatic rings. The SMILES string of the molecule is COc1cc(/C=C/COC(=O)c2ccccc2)c(-c2ccccc2)cc1O. The van der Waals surface area contributed by atoms with Crippen LogP contribution in [0.25, 0.3) is 17.2 Å². The summed E-state index contributed by atoms with van der Waals surface area (Å²) in [6.07, 6.45) is 3.61. The quantitative estimate of drug-likeness (QED) is 0.633. The summed E-state index contributed by atoms with van der Waals surface area (Å²) in [5, 5.41) is 10.1. The molecule has 4 heteroatoms. The minimum Gasteiger partial charge on any atom is -0.504 e. The van der Waals surface area contributed by atoms with Gasteiger partial charge in [0.1, 0.15) is 6.61 Å². The molecule has 3 rings (SSSR count). The van der Waals surface area contributed by atoms with Crippen LogP contribution in [0.4, 0.5) is 0 Å². The van der Waals surface area contributed by atoms with E-state index < -0.39 is 0 Å². The highest BCUT2D eigenvalue weighted by molar-refractivity contribution is 5.89. The number of hydrogen-bond donors (Lipinski definition) is 1. The summed E-state index contributed by atoms with van der Waals surface area (Å²) in [7, 11) is 1.51. The number of esters is 1. The largest absolute Gasteiger partial charge is 0.504 e. The maximum absolute atomic E-state index is 12.0. The summed E-state index contributed by atoms with van der Waals surface area (Å²) in [4.78, 5) is 12.0. The number of rotatable bonds is 6. The van der Waals surface area contributed by atoms with Gasteiger partial charge in [-0.2, -0.15) is 0 Å². The van der Waals surface area contributed by atoms with Crippen molar-refractivity contribution in [2.45, 2.75) is 0 Å². The topological polar surface area (TPSA) is 55.8 Å². The molecule has 0 heterocycles. The standard InChI is InChI=1S/C23H20O4/c1-26-22-15-19(20(16-21(22)24)17-9-4-2-5-10-17)13-8-14-27-23(25)18-11-6-3-7-12-18/h2-13,15-16,24H,14H2,1H3/b13-8+. The first-order chi connectivity index (χ1) is 13.2. The molecule has 0 saturated heterocycles. The summed E-state index contributed by atoms with van der Waals surface area (Å²) in [6, 6.07) is 22.0. The van der Waals surface area contributed by atoms with Crippen LogP contribution in [0.15, 0.2) is 78.9 Å². The van der Waals surface area contributed by atoms with Gasteiger partial charge in [-0.3, -0.25) is 0 Å². The van der Waals surface area contributed by atoms with E-state index in [9.17, 15) is 9.90 Å². The van der Waals surface area contributed by atoms with Crippen LogP contribution in [0, 0.1) is 0 Å². The number of hydrogen-bond acceptors (Lipinski definition) is 4. The minimum absolute atomic E-state index is 0.0732. The predicted molar refractivity (Wildman–Crippen MR) is 106 cm³/mol. The zero-order valence-electron chi connectivity index (χ0n) is 15.0. The molecule has 0 aliphatic carbocycles. The van der Waals surface area contributed by atoms with Gasteiger partial charge in [0.25, 0.3) is 0 Å². The number of carbonyl (C=O) groups is 1. The molecule has 3 aromatic rings. The van der Waals surface area contributed by atoms with Crippen molar-refractivity contribution in [2.75, 3.05) is 13.7 Å². The third-order valence-corrected chi connectivity index (χ3v) is 4.05. The Morgan fingerprint density at radius 2 is 1.67 bits per heavy atom. The number of ether oxygens (including phenoxy) is 2. The fourth-order valence-corrected chi connectivity index (χ4v) is 2.71. The van der Waals surface area contributed by atoms with E-state index in [-0.39, 0.29) is 18.3 Å². The van der Waals surface area contributed by atoms with Crippen LogP contribution < -0.4 is 4.74 Å². The van der Waals surface area contributed by atoms with Crippen LogP contribution >= 0.6 is 0 Å². The molecule has 27 heavy (non-hydrogen) atoms. The van der Waals surface area contributed by atoms with Crippen LogP contribution in [-0.4, -0.2) is 24.8 Å². The minimum atomic E-state index is -0.369. The lowest BCUT2D eigenvalue weighted by Gasteiger charge is -2.11. The second-order valence-electron chi connectivity index (χ2n) is 5.84. The van der Waals surface area contributed by atoms with E-state index in [4.69, 9.17) is 9.47 Å². The molecule has 0 radical (unpaired) electrons. The first-order valence-electron chi connectivity index (χ1n) is 8.54. The number of phenolic OH excluding ortho intramolecular Hbond substituents is 1. The molecule has 0 bridgehead atoms. The molecule has 3 aromatic carbocycles. The van der Waals surface area contributed by atoms with Gasteiger partial charge in [0.2, 0.25) is 0 Å². The molecule has 4 nitrogen and oxygen atoms in total. The molecular formula is C23H20O4.